The number of carbonyl (C=O) groups is 1. The Morgan fingerprint density at radius 3 is 2.70 bits per heavy atom. The number of rotatable bonds is 3. The summed E-state index contributed by atoms with van der Waals surface area (Å²) >= 11 is 0. The number of benzene rings is 2. The zero-order chi connectivity index (χ0) is 18.8. The van der Waals surface area contributed by atoms with Crippen LogP contribution in [0.3, 0.4) is 0 Å². The van der Waals surface area contributed by atoms with E-state index in [-0.39, 0.29) is 5.91 Å². The summed E-state index contributed by atoms with van der Waals surface area (Å²) < 4.78 is 0. The second-order valence-electron chi connectivity index (χ2n) is 6.97. The monoisotopic (exact) mass is 358 g/mol. The Morgan fingerprint density at radius 2 is 1.85 bits per heavy atom. The summed E-state index contributed by atoms with van der Waals surface area (Å²) in [6.45, 7) is 5.66. The lowest BCUT2D eigenvalue weighted by Crippen LogP contribution is -2.31. The normalized spacial score (nSPS) is 13.2. The molecule has 0 spiro atoms. The van der Waals surface area contributed by atoms with Gasteiger partial charge in [0.15, 0.2) is 0 Å². The van der Waals surface area contributed by atoms with Gasteiger partial charge in [0.25, 0.3) is 5.91 Å². The Bertz CT molecular complexity index is 999. The summed E-state index contributed by atoms with van der Waals surface area (Å²) in [5.41, 5.74) is 6.01. The zero-order valence-electron chi connectivity index (χ0n) is 15.6. The Morgan fingerprint density at radius 1 is 1.04 bits per heavy atom. The molecule has 2 heterocycles. The van der Waals surface area contributed by atoms with Crippen molar-refractivity contribution >= 4 is 17.4 Å². The molecule has 27 heavy (non-hydrogen) atoms. The van der Waals surface area contributed by atoms with Crippen LogP contribution in [-0.4, -0.2) is 22.4 Å². The van der Waals surface area contributed by atoms with Crippen LogP contribution in [0.4, 0.5) is 11.5 Å². The first-order valence-electron chi connectivity index (χ1n) is 9.12. The number of carbonyl (C=O) groups excluding carboxylic acids is 1. The summed E-state index contributed by atoms with van der Waals surface area (Å²) in [4.78, 5) is 23.5. The van der Waals surface area contributed by atoms with Gasteiger partial charge in [0.05, 0.1) is 0 Å². The molecule has 1 amide bonds. The molecule has 1 aliphatic heterocycles. The van der Waals surface area contributed by atoms with Crippen molar-refractivity contribution in [1.29, 1.82) is 0 Å². The van der Waals surface area contributed by atoms with E-state index in [2.05, 4.69) is 44.5 Å². The van der Waals surface area contributed by atoms with Gasteiger partial charge in [-0.25, -0.2) is 9.97 Å². The second-order valence-corrected chi connectivity index (χ2v) is 6.97. The average molecular weight is 358 g/mol. The third-order valence-corrected chi connectivity index (χ3v) is 4.98. The van der Waals surface area contributed by atoms with Gasteiger partial charge < -0.3 is 10.2 Å². The van der Waals surface area contributed by atoms with Crippen molar-refractivity contribution in [3.8, 4) is 0 Å². The van der Waals surface area contributed by atoms with Crippen LogP contribution in [0.5, 0.6) is 0 Å². The highest BCUT2D eigenvalue weighted by molar-refractivity contribution is 6.03. The first-order chi connectivity index (χ1) is 13.1. The van der Waals surface area contributed by atoms with Gasteiger partial charge in [-0.2, -0.15) is 0 Å². The molecule has 0 atom stereocenters. The van der Waals surface area contributed by atoms with Crippen molar-refractivity contribution in [2.24, 2.45) is 0 Å². The fourth-order valence-electron chi connectivity index (χ4n) is 3.39. The number of hydrogen-bond acceptors (Lipinski definition) is 4. The van der Waals surface area contributed by atoms with Crippen LogP contribution in [0.25, 0.3) is 0 Å². The third-order valence-electron chi connectivity index (χ3n) is 4.98. The van der Waals surface area contributed by atoms with Crippen LogP contribution >= 0.6 is 0 Å². The van der Waals surface area contributed by atoms with Gasteiger partial charge in [-0.3, -0.25) is 4.79 Å². The lowest BCUT2D eigenvalue weighted by molar-refractivity contribution is 0.102. The van der Waals surface area contributed by atoms with Crippen molar-refractivity contribution in [2.75, 3.05) is 16.8 Å². The molecular formula is C22H22N4O. The Hall–Kier alpha value is -3.21. The second kappa shape index (κ2) is 7.19. The van der Waals surface area contributed by atoms with E-state index in [9.17, 15) is 4.79 Å². The van der Waals surface area contributed by atoms with E-state index in [1.807, 2.05) is 32.0 Å². The molecule has 0 bridgehead atoms. The van der Waals surface area contributed by atoms with E-state index in [4.69, 9.17) is 0 Å². The highest BCUT2D eigenvalue weighted by Crippen LogP contribution is 2.23. The van der Waals surface area contributed by atoms with E-state index in [1.54, 1.807) is 6.07 Å². The number of anilines is 2. The highest BCUT2D eigenvalue weighted by Gasteiger charge is 2.19. The van der Waals surface area contributed by atoms with Gasteiger partial charge in [-0.05, 0) is 48.6 Å². The smallest absolute Gasteiger partial charge is 0.274 e. The van der Waals surface area contributed by atoms with Crippen LogP contribution in [0.15, 0.2) is 54.9 Å². The molecule has 2 aromatic carbocycles. The molecule has 5 heteroatoms. The maximum absolute atomic E-state index is 12.7. The van der Waals surface area contributed by atoms with E-state index < -0.39 is 0 Å². The first-order valence-corrected chi connectivity index (χ1v) is 9.12. The van der Waals surface area contributed by atoms with E-state index in [0.717, 1.165) is 42.1 Å². The molecular weight excluding hydrogens is 336 g/mol. The van der Waals surface area contributed by atoms with Crippen molar-refractivity contribution in [2.45, 2.75) is 26.8 Å². The topological polar surface area (TPSA) is 58.1 Å². The molecule has 1 aromatic heterocycles. The molecule has 136 valence electrons. The summed E-state index contributed by atoms with van der Waals surface area (Å²) in [5.74, 6) is 0.565. The predicted octanol–water partition coefficient (Wildman–Crippen LogP) is 3.91. The molecule has 0 saturated heterocycles. The summed E-state index contributed by atoms with van der Waals surface area (Å²) in [5, 5.41) is 2.97. The minimum absolute atomic E-state index is 0.218. The average Bonchev–Trinajstić information content (AvgIpc) is 2.70. The first kappa shape index (κ1) is 17.2. The van der Waals surface area contributed by atoms with Gasteiger partial charge in [-0.15, -0.1) is 0 Å². The minimum atomic E-state index is -0.218. The Labute approximate surface area is 159 Å². The molecule has 3 aromatic rings. The molecule has 1 N–H and O–H groups in total. The molecule has 1 aliphatic rings. The number of nitrogens with zero attached hydrogens (tertiary/aromatic N) is 3. The van der Waals surface area contributed by atoms with E-state index in [1.165, 1.54) is 17.5 Å². The Kier molecular flexibility index (Phi) is 4.59. The van der Waals surface area contributed by atoms with Gasteiger partial charge >= 0.3 is 0 Å². The number of hydrogen-bond donors (Lipinski definition) is 1. The van der Waals surface area contributed by atoms with Crippen LogP contribution in [0, 0.1) is 13.8 Å². The molecule has 0 aliphatic carbocycles. The van der Waals surface area contributed by atoms with Gasteiger partial charge in [0.1, 0.15) is 17.8 Å². The fourth-order valence-corrected chi connectivity index (χ4v) is 3.39. The van der Waals surface area contributed by atoms with Gasteiger partial charge in [0, 0.05) is 24.8 Å². The van der Waals surface area contributed by atoms with E-state index >= 15 is 0 Å². The maximum Gasteiger partial charge on any atom is 0.274 e. The van der Waals surface area contributed by atoms with Crippen molar-refractivity contribution < 1.29 is 4.79 Å². The lowest BCUT2D eigenvalue weighted by atomic mass is 10.00. The molecule has 0 unspecified atom stereocenters. The predicted molar refractivity (Wildman–Crippen MR) is 107 cm³/mol. The largest absolute Gasteiger partial charge is 0.352 e. The van der Waals surface area contributed by atoms with Crippen LogP contribution in [0.2, 0.25) is 0 Å². The number of amides is 1. The minimum Gasteiger partial charge on any atom is -0.352 e. The van der Waals surface area contributed by atoms with Gasteiger partial charge in [0.2, 0.25) is 0 Å². The highest BCUT2D eigenvalue weighted by atomic mass is 16.1. The standard InChI is InChI=1S/C22H22N4O/c1-15-7-8-16(2)19(11-15)25-22(27)20-12-21(24-14-23-20)26-10-9-17-5-3-4-6-18(17)13-26/h3-8,11-12,14H,9-10,13H2,1-2H3,(H,25,27). The molecule has 4 rings (SSSR count). The number of nitrogens with one attached hydrogen (secondary N) is 1. The van der Waals surface area contributed by atoms with Crippen molar-refractivity contribution in [1.82, 2.24) is 9.97 Å². The molecule has 0 radical (unpaired) electrons. The third kappa shape index (κ3) is 3.67. The summed E-state index contributed by atoms with van der Waals surface area (Å²) in [6, 6.07) is 16.2. The molecule has 0 fully saturated rings. The van der Waals surface area contributed by atoms with Gasteiger partial charge in [-0.1, -0.05) is 36.4 Å². The SMILES string of the molecule is Cc1ccc(C)c(NC(=O)c2cc(N3CCc4ccccc4C3)ncn2)c1. The number of aromatic nitrogens is 2. The number of fused-ring (bicyclic) bond motifs is 1. The quantitative estimate of drug-likeness (QED) is 0.771. The van der Waals surface area contributed by atoms with Crippen LogP contribution in [-0.2, 0) is 13.0 Å². The fraction of sp³-hybridized carbons (Fsp3) is 0.227. The van der Waals surface area contributed by atoms with Crippen LogP contribution < -0.4 is 10.2 Å². The lowest BCUT2D eigenvalue weighted by Gasteiger charge is -2.29. The van der Waals surface area contributed by atoms with Crippen LogP contribution in [0.1, 0.15) is 32.7 Å². The zero-order valence-corrected chi connectivity index (χ0v) is 15.6. The molecule has 0 saturated carbocycles. The molecule has 5 nitrogen and oxygen atoms in total. The van der Waals surface area contributed by atoms with Crippen molar-refractivity contribution in [3.05, 3.63) is 82.8 Å². The summed E-state index contributed by atoms with van der Waals surface area (Å²) in [6.07, 6.45) is 2.44. The summed E-state index contributed by atoms with van der Waals surface area (Å²) in [7, 11) is 0. The number of aryl methyl sites for hydroxylation is 2. The Balaban J connectivity index is 1.54. The van der Waals surface area contributed by atoms with Crippen molar-refractivity contribution in [3.63, 3.8) is 0 Å². The maximum atomic E-state index is 12.7. The van der Waals surface area contributed by atoms with E-state index in [0.29, 0.717) is 5.69 Å².